The second-order valence-corrected chi connectivity index (χ2v) is 2.53. The molecule has 72 valence electrons. The Hall–Kier alpha value is -1.30. The summed E-state index contributed by atoms with van der Waals surface area (Å²) in [5.74, 6) is 0.0252. The van der Waals surface area contributed by atoms with Gasteiger partial charge in [0.15, 0.2) is 0 Å². The SMILES string of the molecule is Nc1cc(C(N)C(F)(F)F)ccn1. The number of nitrogens with two attached hydrogens (primary N) is 2. The molecule has 1 rings (SSSR count). The molecule has 4 N–H and O–H groups in total. The van der Waals surface area contributed by atoms with Crippen molar-refractivity contribution in [2.45, 2.75) is 12.2 Å². The predicted octanol–water partition coefficient (Wildman–Crippen LogP) is 1.23. The third-order valence-corrected chi connectivity index (χ3v) is 1.52. The molecule has 1 unspecified atom stereocenters. The quantitative estimate of drug-likeness (QED) is 0.701. The van der Waals surface area contributed by atoms with Crippen LogP contribution in [0.15, 0.2) is 18.3 Å². The smallest absolute Gasteiger partial charge is 0.384 e. The van der Waals surface area contributed by atoms with Crippen LogP contribution in [0.5, 0.6) is 0 Å². The Morgan fingerprint density at radius 2 is 2.00 bits per heavy atom. The van der Waals surface area contributed by atoms with Gasteiger partial charge >= 0.3 is 6.18 Å². The number of hydrogen-bond acceptors (Lipinski definition) is 3. The molecule has 0 aliphatic carbocycles. The van der Waals surface area contributed by atoms with E-state index in [-0.39, 0.29) is 11.4 Å². The van der Waals surface area contributed by atoms with Crippen LogP contribution < -0.4 is 11.5 Å². The number of aromatic nitrogens is 1. The summed E-state index contributed by atoms with van der Waals surface area (Å²) >= 11 is 0. The zero-order valence-corrected chi connectivity index (χ0v) is 6.55. The molecule has 0 radical (unpaired) electrons. The van der Waals surface area contributed by atoms with E-state index in [0.717, 1.165) is 6.07 Å². The molecule has 0 aliphatic heterocycles. The number of anilines is 1. The van der Waals surface area contributed by atoms with E-state index in [4.69, 9.17) is 11.5 Å². The second kappa shape index (κ2) is 3.21. The van der Waals surface area contributed by atoms with Crippen LogP contribution in [-0.2, 0) is 0 Å². The average Bonchev–Trinajstić information content (AvgIpc) is 2.01. The molecule has 1 atom stereocenters. The summed E-state index contributed by atoms with van der Waals surface area (Å²) in [5, 5.41) is 0. The molecule has 1 heterocycles. The zero-order valence-electron chi connectivity index (χ0n) is 6.55. The van der Waals surface area contributed by atoms with Crippen molar-refractivity contribution < 1.29 is 13.2 Å². The van der Waals surface area contributed by atoms with E-state index >= 15 is 0 Å². The third-order valence-electron chi connectivity index (χ3n) is 1.52. The van der Waals surface area contributed by atoms with Crippen LogP contribution in [0.4, 0.5) is 19.0 Å². The van der Waals surface area contributed by atoms with Crippen molar-refractivity contribution >= 4 is 5.82 Å². The standard InChI is InChI=1S/C7H8F3N3/c8-7(9,10)6(12)4-1-2-13-5(11)3-4/h1-3,6H,12H2,(H2,11,13). The molecular formula is C7H8F3N3. The van der Waals surface area contributed by atoms with E-state index < -0.39 is 12.2 Å². The maximum Gasteiger partial charge on any atom is 0.407 e. The molecule has 0 saturated carbocycles. The van der Waals surface area contributed by atoms with Gasteiger partial charge in [-0.05, 0) is 17.7 Å². The number of pyridine rings is 1. The highest BCUT2D eigenvalue weighted by atomic mass is 19.4. The fourth-order valence-electron chi connectivity index (χ4n) is 0.848. The van der Waals surface area contributed by atoms with Crippen molar-refractivity contribution in [3.05, 3.63) is 23.9 Å². The molecule has 1 aromatic heterocycles. The molecule has 0 aromatic carbocycles. The monoisotopic (exact) mass is 191 g/mol. The summed E-state index contributed by atoms with van der Waals surface area (Å²) in [4.78, 5) is 3.56. The minimum Gasteiger partial charge on any atom is -0.384 e. The van der Waals surface area contributed by atoms with Crippen LogP contribution in [0.2, 0.25) is 0 Å². The zero-order chi connectivity index (χ0) is 10.1. The normalized spacial score (nSPS) is 14.2. The Kier molecular flexibility index (Phi) is 2.42. The number of nitrogen functional groups attached to an aromatic ring is 1. The highest BCUT2D eigenvalue weighted by Crippen LogP contribution is 2.30. The van der Waals surface area contributed by atoms with Gasteiger partial charge in [-0.15, -0.1) is 0 Å². The van der Waals surface area contributed by atoms with Gasteiger partial charge in [0.2, 0.25) is 0 Å². The Morgan fingerprint density at radius 3 is 2.46 bits per heavy atom. The van der Waals surface area contributed by atoms with Crippen molar-refractivity contribution in [3.63, 3.8) is 0 Å². The highest BCUT2D eigenvalue weighted by molar-refractivity contribution is 5.33. The molecule has 6 heteroatoms. The number of alkyl halides is 3. The average molecular weight is 191 g/mol. The van der Waals surface area contributed by atoms with Crippen LogP contribution in [0.3, 0.4) is 0 Å². The first-order valence-corrected chi connectivity index (χ1v) is 3.45. The van der Waals surface area contributed by atoms with E-state index in [1.54, 1.807) is 0 Å². The lowest BCUT2D eigenvalue weighted by Crippen LogP contribution is -2.28. The fraction of sp³-hybridized carbons (Fsp3) is 0.286. The molecule has 0 bridgehead atoms. The van der Waals surface area contributed by atoms with Crippen LogP contribution in [0.25, 0.3) is 0 Å². The Balaban J connectivity index is 2.96. The van der Waals surface area contributed by atoms with Gasteiger partial charge in [-0.2, -0.15) is 13.2 Å². The molecular weight excluding hydrogens is 183 g/mol. The summed E-state index contributed by atoms with van der Waals surface area (Å²) in [5.41, 5.74) is 10.1. The van der Waals surface area contributed by atoms with E-state index in [9.17, 15) is 13.2 Å². The van der Waals surface area contributed by atoms with Gasteiger partial charge in [0.25, 0.3) is 0 Å². The molecule has 0 fully saturated rings. The largest absolute Gasteiger partial charge is 0.407 e. The first-order chi connectivity index (χ1) is 5.91. The molecule has 0 spiro atoms. The van der Waals surface area contributed by atoms with Gasteiger partial charge in [-0.25, -0.2) is 4.98 Å². The lowest BCUT2D eigenvalue weighted by molar-refractivity contribution is -0.149. The summed E-state index contributed by atoms with van der Waals surface area (Å²) in [6, 6.07) is 0.296. The number of nitrogens with zero attached hydrogens (tertiary/aromatic N) is 1. The highest BCUT2D eigenvalue weighted by Gasteiger charge is 2.37. The van der Waals surface area contributed by atoms with Crippen molar-refractivity contribution in [1.82, 2.24) is 4.98 Å². The van der Waals surface area contributed by atoms with Gasteiger partial charge in [-0.1, -0.05) is 0 Å². The van der Waals surface area contributed by atoms with E-state index in [2.05, 4.69) is 4.98 Å². The van der Waals surface area contributed by atoms with Crippen molar-refractivity contribution in [1.29, 1.82) is 0 Å². The molecule has 13 heavy (non-hydrogen) atoms. The van der Waals surface area contributed by atoms with E-state index in [1.807, 2.05) is 0 Å². The maximum atomic E-state index is 12.1. The summed E-state index contributed by atoms with van der Waals surface area (Å²) in [6.07, 6.45) is -3.26. The van der Waals surface area contributed by atoms with E-state index in [0.29, 0.717) is 0 Å². The number of rotatable bonds is 1. The van der Waals surface area contributed by atoms with Gasteiger partial charge < -0.3 is 11.5 Å². The molecule has 0 aliphatic rings. The minimum absolute atomic E-state index is 0.0252. The van der Waals surface area contributed by atoms with Crippen LogP contribution in [0.1, 0.15) is 11.6 Å². The second-order valence-electron chi connectivity index (χ2n) is 2.53. The summed E-state index contributed by atoms with van der Waals surface area (Å²) in [6.45, 7) is 0. The van der Waals surface area contributed by atoms with Crippen LogP contribution in [0, 0.1) is 0 Å². The van der Waals surface area contributed by atoms with Gasteiger partial charge in [0, 0.05) is 6.20 Å². The van der Waals surface area contributed by atoms with Gasteiger partial charge in [0.1, 0.15) is 11.9 Å². The summed E-state index contributed by atoms with van der Waals surface area (Å²) in [7, 11) is 0. The molecule has 0 saturated heterocycles. The van der Waals surface area contributed by atoms with Gasteiger partial charge in [-0.3, -0.25) is 0 Å². The Bertz CT molecular complexity index is 297. The number of halogens is 3. The molecule has 0 amide bonds. The Morgan fingerprint density at radius 1 is 1.38 bits per heavy atom. The minimum atomic E-state index is -4.45. The number of hydrogen-bond donors (Lipinski definition) is 2. The first-order valence-electron chi connectivity index (χ1n) is 3.45. The van der Waals surface area contributed by atoms with Crippen molar-refractivity contribution in [2.24, 2.45) is 5.73 Å². The summed E-state index contributed by atoms with van der Waals surface area (Å²) < 4.78 is 36.2. The fourth-order valence-corrected chi connectivity index (χ4v) is 0.848. The topological polar surface area (TPSA) is 64.9 Å². The van der Waals surface area contributed by atoms with Crippen LogP contribution >= 0.6 is 0 Å². The Labute approximate surface area is 72.6 Å². The predicted molar refractivity (Wildman–Crippen MR) is 41.6 cm³/mol. The third kappa shape index (κ3) is 2.32. The maximum absolute atomic E-state index is 12.1. The lowest BCUT2D eigenvalue weighted by atomic mass is 10.1. The van der Waals surface area contributed by atoms with Crippen molar-refractivity contribution in [2.75, 3.05) is 5.73 Å². The van der Waals surface area contributed by atoms with Gasteiger partial charge in [0.05, 0.1) is 0 Å². The molecule has 3 nitrogen and oxygen atoms in total. The van der Waals surface area contributed by atoms with E-state index in [1.165, 1.54) is 12.3 Å². The van der Waals surface area contributed by atoms with Crippen molar-refractivity contribution in [3.8, 4) is 0 Å². The van der Waals surface area contributed by atoms with Crippen LogP contribution in [-0.4, -0.2) is 11.2 Å². The molecule has 1 aromatic rings. The lowest BCUT2D eigenvalue weighted by Gasteiger charge is -2.15. The first kappa shape index (κ1) is 9.79.